The SMILES string of the molecule is O=C(O)c1ccnc(-c2cn(CCN3Cc4ccc(C(F)(F)F)cc4C3)cn2)c1. The Balaban J connectivity index is 1.39. The standard InChI is InChI=1S/C20H17F3N4O2/c21-20(22,23)16-2-1-14-9-26(10-15(14)7-16)5-6-27-11-18(25-12-27)17-8-13(19(28)29)3-4-24-17/h1-4,7-8,11-12H,5-6,9-10H2,(H,28,29). The van der Waals surface area contributed by atoms with E-state index in [2.05, 4.69) is 14.9 Å². The fourth-order valence-electron chi connectivity index (χ4n) is 3.37. The van der Waals surface area contributed by atoms with E-state index in [0.717, 1.165) is 11.6 Å². The zero-order valence-electron chi connectivity index (χ0n) is 15.2. The quantitative estimate of drug-likeness (QED) is 0.705. The van der Waals surface area contributed by atoms with Gasteiger partial charge in [0.2, 0.25) is 0 Å². The highest BCUT2D eigenvalue weighted by molar-refractivity contribution is 5.88. The van der Waals surface area contributed by atoms with E-state index in [4.69, 9.17) is 5.11 Å². The number of rotatable bonds is 5. The molecule has 1 aliphatic rings. The number of carboxylic acid groups (broad SMARTS) is 1. The second-order valence-electron chi connectivity index (χ2n) is 6.92. The van der Waals surface area contributed by atoms with Crippen molar-refractivity contribution in [3.8, 4) is 11.4 Å². The maximum absolute atomic E-state index is 12.9. The Labute approximate surface area is 164 Å². The van der Waals surface area contributed by atoms with Crippen LogP contribution < -0.4 is 0 Å². The molecule has 150 valence electrons. The van der Waals surface area contributed by atoms with E-state index < -0.39 is 17.7 Å². The third-order valence-corrected chi connectivity index (χ3v) is 4.90. The van der Waals surface area contributed by atoms with Gasteiger partial charge in [0.15, 0.2) is 0 Å². The Kier molecular flexibility index (Phi) is 4.83. The minimum atomic E-state index is -4.33. The highest BCUT2D eigenvalue weighted by Gasteiger charge is 2.32. The number of hydrogen-bond donors (Lipinski definition) is 1. The molecule has 0 saturated carbocycles. The molecule has 29 heavy (non-hydrogen) atoms. The Morgan fingerprint density at radius 3 is 2.59 bits per heavy atom. The minimum Gasteiger partial charge on any atom is -0.478 e. The molecule has 3 heterocycles. The van der Waals surface area contributed by atoms with Gasteiger partial charge in [-0.25, -0.2) is 9.78 Å². The lowest BCUT2D eigenvalue weighted by Gasteiger charge is -2.14. The monoisotopic (exact) mass is 402 g/mol. The number of benzene rings is 1. The van der Waals surface area contributed by atoms with Gasteiger partial charge < -0.3 is 9.67 Å². The van der Waals surface area contributed by atoms with Crippen molar-refractivity contribution in [2.45, 2.75) is 25.8 Å². The number of nitrogens with zero attached hydrogens (tertiary/aromatic N) is 4. The van der Waals surface area contributed by atoms with Crippen LogP contribution in [0.2, 0.25) is 0 Å². The Morgan fingerprint density at radius 2 is 1.83 bits per heavy atom. The van der Waals surface area contributed by atoms with Crippen LogP contribution in [0.1, 0.15) is 27.0 Å². The van der Waals surface area contributed by atoms with E-state index in [0.29, 0.717) is 43.1 Å². The lowest BCUT2D eigenvalue weighted by molar-refractivity contribution is -0.137. The minimum absolute atomic E-state index is 0.137. The Bertz CT molecular complexity index is 1060. The van der Waals surface area contributed by atoms with Gasteiger partial charge in [-0.15, -0.1) is 0 Å². The number of hydrogen-bond acceptors (Lipinski definition) is 4. The number of pyridine rings is 1. The fraction of sp³-hybridized carbons (Fsp3) is 0.250. The first-order valence-corrected chi connectivity index (χ1v) is 8.92. The van der Waals surface area contributed by atoms with Crippen LogP contribution >= 0.6 is 0 Å². The third-order valence-electron chi connectivity index (χ3n) is 4.90. The Morgan fingerprint density at radius 1 is 1.03 bits per heavy atom. The van der Waals surface area contributed by atoms with E-state index in [1.807, 2.05) is 4.57 Å². The van der Waals surface area contributed by atoms with Gasteiger partial charge in [-0.05, 0) is 35.4 Å². The van der Waals surface area contributed by atoms with Crippen molar-refractivity contribution in [3.05, 3.63) is 71.3 Å². The van der Waals surface area contributed by atoms with Crippen molar-refractivity contribution in [2.75, 3.05) is 6.54 Å². The molecule has 1 aromatic carbocycles. The zero-order chi connectivity index (χ0) is 20.6. The molecule has 6 nitrogen and oxygen atoms in total. The topological polar surface area (TPSA) is 71.2 Å². The summed E-state index contributed by atoms with van der Waals surface area (Å²) in [4.78, 5) is 21.6. The smallest absolute Gasteiger partial charge is 0.416 e. The first-order chi connectivity index (χ1) is 13.8. The van der Waals surface area contributed by atoms with Crippen LogP contribution in [-0.2, 0) is 25.8 Å². The molecule has 0 saturated heterocycles. The van der Waals surface area contributed by atoms with Gasteiger partial charge in [-0.1, -0.05) is 6.07 Å². The van der Waals surface area contributed by atoms with Crippen LogP contribution in [0.4, 0.5) is 13.2 Å². The number of carboxylic acids is 1. The van der Waals surface area contributed by atoms with E-state index in [1.54, 1.807) is 18.6 Å². The number of aromatic nitrogens is 3. The summed E-state index contributed by atoms with van der Waals surface area (Å²) >= 11 is 0. The highest BCUT2D eigenvalue weighted by Crippen LogP contribution is 2.33. The van der Waals surface area contributed by atoms with E-state index in [1.165, 1.54) is 24.4 Å². The molecule has 0 fully saturated rings. The van der Waals surface area contributed by atoms with Gasteiger partial charge in [0, 0.05) is 38.6 Å². The normalized spacial score (nSPS) is 14.2. The third kappa shape index (κ3) is 4.14. The highest BCUT2D eigenvalue weighted by atomic mass is 19.4. The number of alkyl halides is 3. The molecular weight excluding hydrogens is 385 g/mol. The zero-order valence-corrected chi connectivity index (χ0v) is 15.2. The summed E-state index contributed by atoms with van der Waals surface area (Å²) in [6, 6.07) is 6.78. The van der Waals surface area contributed by atoms with E-state index in [-0.39, 0.29) is 5.56 Å². The average molecular weight is 402 g/mol. The second-order valence-corrected chi connectivity index (χ2v) is 6.92. The van der Waals surface area contributed by atoms with Crippen LogP contribution in [0, 0.1) is 0 Å². The first-order valence-electron chi connectivity index (χ1n) is 8.92. The van der Waals surface area contributed by atoms with Crippen molar-refractivity contribution < 1.29 is 23.1 Å². The van der Waals surface area contributed by atoms with Crippen molar-refractivity contribution in [2.24, 2.45) is 0 Å². The molecule has 1 aliphatic heterocycles. The van der Waals surface area contributed by atoms with Crippen molar-refractivity contribution in [1.82, 2.24) is 19.4 Å². The summed E-state index contributed by atoms with van der Waals surface area (Å²) in [5.74, 6) is -1.03. The van der Waals surface area contributed by atoms with Gasteiger partial charge in [0.1, 0.15) is 5.69 Å². The average Bonchev–Trinajstić information content (AvgIpc) is 3.31. The number of imidazole rings is 1. The molecule has 1 N–H and O–H groups in total. The molecule has 0 amide bonds. The van der Waals surface area contributed by atoms with Crippen LogP contribution in [0.5, 0.6) is 0 Å². The van der Waals surface area contributed by atoms with Gasteiger partial charge in [0.05, 0.1) is 23.1 Å². The molecule has 9 heteroatoms. The number of aromatic carboxylic acids is 1. The van der Waals surface area contributed by atoms with Crippen molar-refractivity contribution >= 4 is 5.97 Å². The predicted molar refractivity (Wildman–Crippen MR) is 98.0 cm³/mol. The molecule has 0 aliphatic carbocycles. The summed E-state index contributed by atoms with van der Waals surface area (Å²) in [7, 11) is 0. The Hall–Kier alpha value is -3.20. The molecule has 0 spiro atoms. The van der Waals surface area contributed by atoms with Crippen LogP contribution in [0.25, 0.3) is 11.4 Å². The van der Waals surface area contributed by atoms with E-state index in [9.17, 15) is 18.0 Å². The number of carbonyl (C=O) groups is 1. The number of fused-ring (bicyclic) bond motifs is 1. The lowest BCUT2D eigenvalue weighted by atomic mass is 10.1. The second kappa shape index (κ2) is 7.32. The molecule has 0 bridgehead atoms. The summed E-state index contributed by atoms with van der Waals surface area (Å²) in [6.45, 7) is 2.33. The van der Waals surface area contributed by atoms with Gasteiger partial charge in [-0.3, -0.25) is 9.88 Å². The lowest BCUT2D eigenvalue weighted by Crippen LogP contribution is -2.21. The summed E-state index contributed by atoms with van der Waals surface area (Å²) in [5, 5.41) is 9.08. The molecule has 0 unspecified atom stereocenters. The fourth-order valence-corrected chi connectivity index (χ4v) is 3.37. The van der Waals surface area contributed by atoms with Crippen LogP contribution in [0.15, 0.2) is 49.1 Å². The molecule has 0 radical (unpaired) electrons. The van der Waals surface area contributed by atoms with Crippen molar-refractivity contribution in [1.29, 1.82) is 0 Å². The molecule has 3 aromatic rings. The van der Waals surface area contributed by atoms with Gasteiger partial charge in [-0.2, -0.15) is 13.2 Å². The molecule has 4 rings (SSSR count). The maximum Gasteiger partial charge on any atom is 0.416 e. The maximum atomic E-state index is 12.9. The summed E-state index contributed by atoms with van der Waals surface area (Å²) in [5.41, 5.74) is 2.18. The van der Waals surface area contributed by atoms with Crippen LogP contribution in [-0.4, -0.2) is 37.1 Å². The summed E-state index contributed by atoms with van der Waals surface area (Å²) in [6.07, 6.45) is 0.504. The van der Waals surface area contributed by atoms with Crippen molar-refractivity contribution in [3.63, 3.8) is 0 Å². The molecular formula is C20H17F3N4O2. The number of halogens is 3. The molecule has 0 atom stereocenters. The molecule has 2 aromatic heterocycles. The van der Waals surface area contributed by atoms with Gasteiger partial charge >= 0.3 is 12.1 Å². The van der Waals surface area contributed by atoms with E-state index >= 15 is 0 Å². The largest absolute Gasteiger partial charge is 0.478 e. The van der Waals surface area contributed by atoms with Gasteiger partial charge in [0.25, 0.3) is 0 Å². The van der Waals surface area contributed by atoms with Crippen LogP contribution in [0.3, 0.4) is 0 Å². The predicted octanol–water partition coefficient (Wildman–Crippen LogP) is 3.68. The summed E-state index contributed by atoms with van der Waals surface area (Å²) < 4.78 is 40.5. The first kappa shape index (κ1) is 19.1.